The van der Waals surface area contributed by atoms with E-state index in [0.717, 1.165) is 30.9 Å². The molecule has 1 amide bonds. The molecule has 2 rings (SSSR count). The van der Waals surface area contributed by atoms with Gasteiger partial charge in [0.15, 0.2) is 0 Å². The summed E-state index contributed by atoms with van der Waals surface area (Å²) in [6.45, 7) is 8.29. The van der Waals surface area contributed by atoms with Crippen molar-refractivity contribution in [3.8, 4) is 5.75 Å². The van der Waals surface area contributed by atoms with Gasteiger partial charge in [0.1, 0.15) is 11.9 Å². The minimum atomic E-state index is -0.00914. The Labute approximate surface area is 121 Å². The number of rotatable bonds is 6. The minimum absolute atomic E-state index is 0.00914. The van der Waals surface area contributed by atoms with Crippen LogP contribution >= 0.6 is 0 Å². The highest BCUT2D eigenvalue weighted by Crippen LogP contribution is 2.25. The van der Waals surface area contributed by atoms with E-state index in [1.807, 2.05) is 29.2 Å². The van der Waals surface area contributed by atoms with Gasteiger partial charge >= 0.3 is 0 Å². The number of ether oxygens (including phenoxy) is 1. The fourth-order valence-corrected chi connectivity index (χ4v) is 2.40. The van der Waals surface area contributed by atoms with Crippen molar-refractivity contribution in [2.75, 3.05) is 19.7 Å². The molecule has 0 saturated carbocycles. The average Bonchev–Trinajstić information content (AvgIpc) is 2.78. The molecule has 1 saturated heterocycles. The van der Waals surface area contributed by atoms with Crippen LogP contribution in [0.5, 0.6) is 5.75 Å². The quantitative estimate of drug-likeness (QED) is 0.868. The van der Waals surface area contributed by atoms with Crippen molar-refractivity contribution < 1.29 is 9.53 Å². The Hall–Kier alpha value is -1.55. The van der Waals surface area contributed by atoms with Crippen LogP contribution in [-0.4, -0.2) is 30.5 Å². The molecule has 1 heterocycles. The van der Waals surface area contributed by atoms with Crippen molar-refractivity contribution in [2.24, 2.45) is 5.92 Å². The van der Waals surface area contributed by atoms with Gasteiger partial charge in [0.05, 0.1) is 13.2 Å². The molecule has 0 spiro atoms. The van der Waals surface area contributed by atoms with E-state index < -0.39 is 0 Å². The maximum Gasteiger partial charge on any atom is 0.238 e. The summed E-state index contributed by atoms with van der Waals surface area (Å²) < 4.78 is 5.58. The third kappa shape index (κ3) is 3.51. The molecule has 1 atom stereocenters. The van der Waals surface area contributed by atoms with Gasteiger partial charge in [-0.1, -0.05) is 32.9 Å². The number of carbonyl (C=O) groups excluding carboxylic acids is 1. The molecule has 1 N–H and O–H groups in total. The molecule has 0 radical (unpaired) electrons. The van der Waals surface area contributed by atoms with Gasteiger partial charge in [-0.3, -0.25) is 10.1 Å². The zero-order chi connectivity index (χ0) is 14.5. The molecule has 110 valence electrons. The first-order valence-corrected chi connectivity index (χ1v) is 7.37. The van der Waals surface area contributed by atoms with Crippen molar-refractivity contribution >= 4 is 5.91 Å². The fourth-order valence-electron chi connectivity index (χ4n) is 2.40. The normalized spacial score (nSPS) is 18.9. The smallest absolute Gasteiger partial charge is 0.238 e. The summed E-state index contributed by atoms with van der Waals surface area (Å²) in [5.74, 6) is 1.53. The predicted molar refractivity (Wildman–Crippen MR) is 79.5 cm³/mol. The number of benzene rings is 1. The van der Waals surface area contributed by atoms with Gasteiger partial charge in [0.2, 0.25) is 5.91 Å². The molecule has 0 aliphatic carbocycles. The van der Waals surface area contributed by atoms with E-state index in [2.05, 4.69) is 26.1 Å². The number of nitrogens with zero attached hydrogens (tertiary/aromatic N) is 1. The lowest BCUT2D eigenvalue weighted by Gasteiger charge is -2.26. The van der Waals surface area contributed by atoms with Crippen molar-refractivity contribution in [2.45, 2.75) is 33.4 Å². The lowest BCUT2D eigenvalue weighted by molar-refractivity contribution is -0.128. The molecule has 0 aromatic heterocycles. The molecule has 20 heavy (non-hydrogen) atoms. The zero-order valence-electron chi connectivity index (χ0n) is 12.6. The predicted octanol–water partition coefficient (Wildman–Crippen LogP) is 2.56. The van der Waals surface area contributed by atoms with Crippen molar-refractivity contribution in [1.29, 1.82) is 0 Å². The molecule has 1 aromatic rings. The molecule has 4 nitrogen and oxygen atoms in total. The average molecular weight is 276 g/mol. The number of carbonyl (C=O) groups is 1. The Kier molecular flexibility index (Phi) is 5.01. The van der Waals surface area contributed by atoms with Crippen LogP contribution < -0.4 is 10.1 Å². The highest BCUT2D eigenvalue weighted by Gasteiger charge is 2.31. The minimum Gasteiger partial charge on any atom is -0.494 e. The first-order valence-electron chi connectivity index (χ1n) is 7.37. The van der Waals surface area contributed by atoms with Gasteiger partial charge < -0.3 is 9.64 Å². The topological polar surface area (TPSA) is 41.6 Å². The van der Waals surface area contributed by atoms with Gasteiger partial charge in [-0.25, -0.2) is 0 Å². The van der Waals surface area contributed by atoms with E-state index in [1.54, 1.807) is 0 Å². The van der Waals surface area contributed by atoms with E-state index in [9.17, 15) is 4.79 Å². The largest absolute Gasteiger partial charge is 0.494 e. The van der Waals surface area contributed by atoms with Gasteiger partial charge in [0, 0.05) is 6.54 Å². The second-order valence-electron chi connectivity index (χ2n) is 5.64. The van der Waals surface area contributed by atoms with Crippen LogP contribution in [0.1, 0.15) is 38.9 Å². The van der Waals surface area contributed by atoms with Gasteiger partial charge in [0.25, 0.3) is 0 Å². The molecule has 1 fully saturated rings. The summed E-state index contributed by atoms with van der Waals surface area (Å²) in [6.07, 6.45) is 0.993. The van der Waals surface area contributed by atoms with Crippen LogP contribution in [0.2, 0.25) is 0 Å². The van der Waals surface area contributed by atoms with E-state index in [0.29, 0.717) is 12.5 Å². The Morgan fingerprint density at radius 3 is 2.65 bits per heavy atom. The van der Waals surface area contributed by atoms with E-state index >= 15 is 0 Å². The lowest BCUT2D eigenvalue weighted by Crippen LogP contribution is -2.33. The zero-order valence-corrected chi connectivity index (χ0v) is 12.6. The molecule has 1 aromatic carbocycles. The van der Waals surface area contributed by atoms with E-state index in [4.69, 9.17) is 4.74 Å². The highest BCUT2D eigenvalue weighted by molar-refractivity contribution is 5.81. The van der Waals surface area contributed by atoms with Gasteiger partial charge in [-0.2, -0.15) is 0 Å². The molecule has 1 unspecified atom stereocenters. The first kappa shape index (κ1) is 14.9. The number of hydrogen-bond acceptors (Lipinski definition) is 3. The molecule has 0 bridgehead atoms. The summed E-state index contributed by atoms with van der Waals surface area (Å²) in [5.41, 5.74) is 1.11. The van der Waals surface area contributed by atoms with Crippen molar-refractivity contribution in [3.63, 3.8) is 0 Å². The maximum absolute atomic E-state index is 11.9. The second-order valence-corrected chi connectivity index (χ2v) is 5.64. The van der Waals surface area contributed by atoms with E-state index in [1.165, 1.54) is 0 Å². The van der Waals surface area contributed by atoms with Gasteiger partial charge in [-0.05, 0) is 30.0 Å². The SMILES string of the molecule is CCCOc1ccc(C2NCC(=O)N2CC(C)C)cc1. The van der Waals surface area contributed by atoms with E-state index in [-0.39, 0.29) is 12.1 Å². The van der Waals surface area contributed by atoms with Crippen LogP contribution in [0.4, 0.5) is 0 Å². The summed E-state index contributed by atoms with van der Waals surface area (Å²) in [4.78, 5) is 13.9. The summed E-state index contributed by atoms with van der Waals surface area (Å²) in [5, 5.41) is 3.28. The maximum atomic E-state index is 11.9. The Bertz CT molecular complexity index is 442. The van der Waals surface area contributed by atoms with Gasteiger partial charge in [-0.15, -0.1) is 0 Å². The Morgan fingerprint density at radius 2 is 2.05 bits per heavy atom. The number of amides is 1. The standard InChI is InChI=1S/C16H24N2O2/c1-4-9-20-14-7-5-13(6-8-14)16-17-10-15(19)18(16)11-12(2)3/h5-8,12,16-17H,4,9-11H2,1-3H3. The van der Waals surface area contributed by atoms with Crippen LogP contribution in [0.3, 0.4) is 0 Å². The van der Waals surface area contributed by atoms with Crippen LogP contribution in [0.15, 0.2) is 24.3 Å². The Balaban J connectivity index is 2.07. The molecular formula is C16H24N2O2. The van der Waals surface area contributed by atoms with Crippen LogP contribution in [0, 0.1) is 5.92 Å². The first-order chi connectivity index (χ1) is 9.61. The Morgan fingerprint density at radius 1 is 1.35 bits per heavy atom. The molecule has 1 aliphatic heterocycles. The summed E-state index contributed by atoms with van der Waals surface area (Å²) >= 11 is 0. The van der Waals surface area contributed by atoms with Crippen LogP contribution in [-0.2, 0) is 4.79 Å². The molecule has 4 heteroatoms. The highest BCUT2D eigenvalue weighted by atomic mass is 16.5. The lowest BCUT2D eigenvalue weighted by atomic mass is 10.1. The second kappa shape index (κ2) is 6.75. The van der Waals surface area contributed by atoms with Crippen molar-refractivity contribution in [3.05, 3.63) is 29.8 Å². The summed E-state index contributed by atoms with van der Waals surface area (Å²) in [7, 11) is 0. The monoisotopic (exact) mass is 276 g/mol. The summed E-state index contributed by atoms with van der Waals surface area (Å²) in [6, 6.07) is 8.02. The molecule has 1 aliphatic rings. The van der Waals surface area contributed by atoms with Crippen molar-refractivity contribution in [1.82, 2.24) is 10.2 Å². The number of nitrogens with one attached hydrogen (secondary N) is 1. The number of hydrogen-bond donors (Lipinski definition) is 1. The molecular weight excluding hydrogens is 252 g/mol. The fraction of sp³-hybridized carbons (Fsp3) is 0.562. The third-order valence-corrected chi connectivity index (χ3v) is 3.31. The third-order valence-electron chi connectivity index (χ3n) is 3.31. The van der Waals surface area contributed by atoms with Crippen LogP contribution in [0.25, 0.3) is 0 Å².